The first-order valence-corrected chi connectivity index (χ1v) is 8.43. The predicted octanol–water partition coefficient (Wildman–Crippen LogP) is 4.98. The highest BCUT2D eigenvalue weighted by Gasteiger charge is 2.03. The molecule has 0 fully saturated rings. The average Bonchev–Trinajstić information content (AvgIpc) is 2.67. The van der Waals surface area contributed by atoms with E-state index in [1.54, 1.807) is 0 Å². The smallest absolute Gasteiger partial charge is 0.131 e. The Bertz CT molecular complexity index is 861. The number of aliphatic imine (C=N–C) groups is 1. The van der Waals surface area contributed by atoms with Gasteiger partial charge >= 0.3 is 0 Å². The van der Waals surface area contributed by atoms with Crippen LogP contribution in [0.4, 0.5) is 0 Å². The monoisotopic (exact) mass is 326 g/mol. The molecule has 2 N–H and O–H groups in total. The highest BCUT2D eigenvalue weighted by molar-refractivity contribution is 6.00. The lowest BCUT2D eigenvalue weighted by Gasteiger charge is -2.07. The maximum Gasteiger partial charge on any atom is 0.131 e. The third-order valence-corrected chi connectivity index (χ3v) is 4.03. The van der Waals surface area contributed by atoms with Crippen LogP contribution in [-0.4, -0.2) is 5.84 Å². The summed E-state index contributed by atoms with van der Waals surface area (Å²) in [6.45, 7) is 2.06. The number of amidine groups is 1. The maximum absolute atomic E-state index is 6.26. The van der Waals surface area contributed by atoms with Gasteiger partial charge in [0.1, 0.15) is 5.84 Å². The number of allylic oxidation sites excluding steroid dienone is 1. The minimum Gasteiger partial charge on any atom is -0.383 e. The van der Waals surface area contributed by atoms with Crippen molar-refractivity contribution in [3.63, 3.8) is 0 Å². The number of hydrogen-bond acceptors (Lipinski definition) is 1. The molecule has 0 saturated heterocycles. The summed E-state index contributed by atoms with van der Waals surface area (Å²) in [4.78, 5) is 4.72. The first-order valence-electron chi connectivity index (χ1n) is 8.43. The summed E-state index contributed by atoms with van der Waals surface area (Å²) in [5.41, 5.74) is 11.6. The lowest BCUT2D eigenvalue weighted by atomic mass is 10.1. The summed E-state index contributed by atoms with van der Waals surface area (Å²) in [5, 5.41) is 0. The van der Waals surface area contributed by atoms with E-state index in [2.05, 4.69) is 49.4 Å². The Morgan fingerprint density at radius 1 is 0.800 bits per heavy atom. The van der Waals surface area contributed by atoms with Crippen molar-refractivity contribution in [2.75, 3.05) is 0 Å². The summed E-state index contributed by atoms with van der Waals surface area (Å²) in [6, 6.07) is 28.6. The maximum atomic E-state index is 6.26. The van der Waals surface area contributed by atoms with Crippen LogP contribution in [0.25, 0.3) is 5.70 Å². The first kappa shape index (κ1) is 16.7. The standard InChI is InChI=1S/C23H22N2/c1-18-12-15-21(16-13-18)23(24)25-22(20-10-6-3-7-11-20)17-14-19-8-4-2-5-9-19/h2-13,15-17H,14H2,1H3,(H2,24,25)/b22-17-. The molecule has 3 aromatic rings. The minimum absolute atomic E-state index is 0.531. The topological polar surface area (TPSA) is 38.4 Å². The molecule has 0 aliphatic carbocycles. The fraction of sp³-hybridized carbons (Fsp3) is 0.0870. The van der Waals surface area contributed by atoms with Gasteiger partial charge in [-0.3, -0.25) is 0 Å². The van der Waals surface area contributed by atoms with Crippen LogP contribution in [0.3, 0.4) is 0 Å². The number of hydrogen-bond donors (Lipinski definition) is 1. The van der Waals surface area contributed by atoms with Gasteiger partial charge in [0.05, 0.1) is 5.70 Å². The fourth-order valence-corrected chi connectivity index (χ4v) is 2.58. The molecular formula is C23H22N2. The number of aryl methyl sites for hydroxylation is 1. The lowest BCUT2D eigenvalue weighted by molar-refractivity contribution is 1.26. The molecule has 2 nitrogen and oxygen atoms in total. The molecule has 0 radical (unpaired) electrons. The minimum atomic E-state index is 0.531. The van der Waals surface area contributed by atoms with Gasteiger partial charge in [0.15, 0.2) is 0 Å². The van der Waals surface area contributed by atoms with Crippen molar-refractivity contribution in [1.82, 2.24) is 0 Å². The summed E-state index contributed by atoms with van der Waals surface area (Å²) in [7, 11) is 0. The molecule has 0 aliphatic heterocycles. The predicted molar refractivity (Wildman–Crippen MR) is 106 cm³/mol. The molecule has 0 bridgehead atoms. The van der Waals surface area contributed by atoms with Gasteiger partial charge in [0, 0.05) is 5.56 Å². The van der Waals surface area contributed by atoms with E-state index >= 15 is 0 Å². The van der Waals surface area contributed by atoms with Crippen molar-refractivity contribution in [3.8, 4) is 0 Å². The average molecular weight is 326 g/mol. The third kappa shape index (κ3) is 4.67. The number of nitrogens with two attached hydrogens (primary N) is 1. The van der Waals surface area contributed by atoms with Crippen molar-refractivity contribution in [2.45, 2.75) is 13.3 Å². The molecule has 0 spiro atoms. The van der Waals surface area contributed by atoms with Crippen LogP contribution in [0.15, 0.2) is 96.0 Å². The lowest BCUT2D eigenvalue weighted by Crippen LogP contribution is -2.13. The number of benzene rings is 3. The quantitative estimate of drug-likeness (QED) is 0.521. The summed E-state index contributed by atoms with van der Waals surface area (Å²) in [6.07, 6.45) is 2.95. The summed E-state index contributed by atoms with van der Waals surface area (Å²) < 4.78 is 0. The Labute approximate surface area is 149 Å². The first-order chi connectivity index (χ1) is 12.2. The SMILES string of the molecule is Cc1ccc(C(N)=N/C(=C\Cc2ccccc2)c2ccccc2)cc1. The van der Waals surface area contributed by atoms with E-state index in [9.17, 15) is 0 Å². The second-order valence-electron chi connectivity index (χ2n) is 6.01. The zero-order chi connectivity index (χ0) is 17.5. The summed E-state index contributed by atoms with van der Waals surface area (Å²) >= 11 is 0. The van der Waals surface area contributed by atoms with Gasteiger partial charge in [0.25, 0.3) is 0 Å². The highest BCUT2D eigenvalue weighted by Crippen LogP contribution is 2.18. The number of nitrogens with zero attached hydrogens (tertiary/aromatic N) is 1. The zero-order valence-corrected chi connectivity index (χ0v) is 14.4. The Morgan fingerprint density at radius 2 is 1.40 bits per heavy atom. The molecular weight excluding hydrogens is 304 g/mol. The molecule has 0 aliphatic rings. The van der Waals surface area contributed by atoms with Crippen LogP contribution in [0, 0.1) is 6.92 Å². The van der Waals surface area contributed by atoms with Crippen molar-refractivity contribution in [1.29, 1.82) is 0 Å². The van der Waals surface area contributed by atoms with Crippen molar-refractivity contribution in [2.24, 2.45) is 10.7 Å². The Balaban J connectivity index is 1.93. The van der Waals surface area contributed by atoms with Gasteiger partial charge in [-0.15, -0.1) is 0 Å². The van der Waals surface area contributed by atoms with Gasteiger partial charge in [0.2, 0.25) is 0 Å². The van der Waals surface area contributed by atoms with Gasteiger partial charge < -0.3 is 5.73 Å². The van der Waals surface area contributed by atoms with E-state index < -0.39 is 0 Å². The molecule has 2 heteroatoms. The Hall–Kier alpha value is -3.13. The van der Waals surface area contributed by atoms with Gasteiger partial charge in [-0.05, 0) is 24.5 Å². The van der Waals surface area contributed by atoms with Gasteiger partial charge in [-0.2, -0.15) is 0 Å². The van der Waals surface area contributed by atoms with Crippen LogP contribution in [-0.2, 0) is 6.42 Å². The molecule has 0 atom stereocenters. The normalized spacial score (nSPS) is 12.2. The molecule has 0 saturated carbocycles. The van der Waals surface area contributed by atoms with Crippen LogP contribution in [0.2, 0.25) is 0 Å². The second-order valence-corrected chi connectivity index (χ2v) is 6.01. The van der Waals surface area contributed by atoms with E-state index in [0.717, 1.165) is 23.2 Å². The van der Waals surface area contributed by atoms with E-state index in [0.29, 0.717) is 5.84 Å². The molecule has 0 amide bonds. The largest absolute Gasteiger partial charge is 0.383 e. The van der Waals surface area contributed by atoms with Crippen molar-refractivity contribution >= 4 is 11.5 Å². The van der Waals surface area contributed by atoms with E-state index in [1.165, 1.54) is 11.1 Å². The molecule has 0 heterocycles. The van der Waals surface area contributed by atoms with Crippen molar-refractivity contribution in [3.05, 3.63) is 113 Å². The van der Waals surface area contributed by atoms with Gasteiger partial charge in [-0.25, -0.2) is 4.99 Å². The van der Waals surface area contributed by atoms with Crippen LogP contribution in [0.1, 0.15) is 22.3 Å². The van der Waals surface area contributed by atoms with Crippen molar-refractivity contribution < 1.29 is 0 Å². The zero-order valence-electron chi connectivity index (χ0n) is 14.4. The van der Waals surface area contributed by atoms with Crippen LogP contribution < -0.4 is 5.73 Å². The van der Waals surface area contributed by atoms with E-state index in [1.807, 2.05) is 48.5 Å². The second kappa shape index (κ2) is 8.11. The van der Waals surface area contributed by atoms with E-state index in [-0.39, 0.29) is 0 Å². The summed E-state index contributed by atoms with van der Waals surface area (Å²) in [5.74, 6) is 0.531. The molecule has 25 heavy (non-hydrogen) atoms. The Kier molecular flexibility index (Phi) is 5.43. The highest BCUT2D eigenvalue weighted by atomic mass is 14.9. The molecule has 3 aromatic carbocycles. The van der Waals surface area contributed by atoms with Crippen LogP contribution >= 0.6 is 0 Å². The molecule has 0 aromatic heterocycles. The fourth-order valence-electron chi connectivity index (χ4n) is 2.58. The molecule has 3 rings (SSSR count). The van der Waals surface area contributed by atoms with Gasteiger partial charge in [-0.1, -0.05) is 96.6 Å². The molecule has 0 unspecified atom stereocenters. The third-order valence-electron chi connectivity index (χ3n) is 4.03. The Morgan fingerprint density at radius 3 is 2.04 bits per heavy atom. The van der Waals surface area contributed by atoms with E-state index in [4.69, 9.17) is 10.7 Å². The van der Waals surface area contributed by atoms with Crippen LogP contribution in [0.5, 0.6) is 0 Å². The molecule has 124 valence electrons. The number of rotatable bonds is 5.